The lowest BCUT2D eigenvalue weighted by Gasteiger charge is -2.01. The Morgan fingerprint density at radius 1 is 1.35 bits per heavy atom. The fourth-order valence-electron chi connectivity index (χ4n) is 1.90. The third-order valence-corrected chi connectivity index (χ3v) is 4.06. The average molecular weight is 289 g/mol. The van der Waals surface area contributed by atoms with Crippen LogP contribution in [0.15, 0.2) is 18.2 Å². The minimum Gasteiger partial charge on any atom is -0.398 e. The van der Waals surface area contributed by atoms with Crippen LogP contribution in [0, 0.1) is 6.92 Å². The molecule has 6 nitrogen and oxygen atoms in total. The zero-order chi connectivity index (χ0) is 14.1. The molecule has 104 valence electrons. The van der Waals surface area contributed by atoms with Crippen LogP contribution < -0.4 is 5.73 Å². The molecule has 0 amide bonds. The van der Waals surface area contributed by atoms with E-state index in [-0.39, 0.29) is 0 Å². The van der Waals surface area contributed by atoms with E-state index in [1.54, 1.807) is 11.6 Å². The summed E-state index contributed by atoms with van der Waals surface area (Å²) in [6.45, 7) is 2.59. The topological polar surface area (TPSA) is 78.3 Å². The number of rotatable bonds is 4. The molecular formula is C13H15N5OS. The van der Waals surface area contributed by atoms with Gasteiger partial charge in [0, 0.05) is 24.8 Å². The van der Waals surface area contributed by atoms with Crippen LogP contribution in [-0.4, -0.2) is 33.5 Å². The summed E-state index contributed by atoms with van der Waals surface area (Å²) < 4.78 is 6.84. The molecule has 2 heterocycles. The number of fused-ring (bicyclic) bond motifs is 1. The van der Waals surface area contributed by atoms with Gasteiger partial charge in [-0.25, -0.2) is 0 Å². The number of nitrogen functional groups attached to an aromatic ring is 1. The van der Waals surface area contributed by atoms with Gasteiger partial charge in [-0.2, -0.15) is 9.61 Å². The minimum absolute atomic E-state index is 0.602. The summed E-state index contributed by atoms with van der Waals surface area (Å²) in [5.74, 6) is 0.810. The first-order valence-electron chi connectivity index (χ1n) is 6.25. The van der Waals surface area contributed by atoms with Crippen molar-refractivity contribution in [2.45, 2.75) is 13.3 Å². The largest absolute Gasteiger partial charge is 0.398 e. The smallest absolute Gasteiger partial charge is 0.234 e. The molecule has 0 bridgehead atoms. The molecule has 0 aliphatic carbocycles. The van der Waals surface area contributed by atoms with Gasteiger partial charge in [-0.1, -0.05) is 23.5 Å². The number of aromatic nitrogens is 4. The minimum atomic E-state index is 0.602. The van der Waals surface area contributed by atoms with Gasteiger partial charge in [0.25, 0.3) is 0 Å². The van der Waals surface area contributed by atoms with Crippen LogP contribution in [0.5, 0.6) is 0 Å². The van der Waals surface area contributed by atoms with Crippen molar-refractivity contribution in [3.8, 4) is 10.6 Å². The average Bonchev–Trinajstić information content (AvgIpc) is 3.00. The summed E-state index contributed by atoms with van der Waals surface area (Å²) in [5, 5.41) is 13.7. The number of ether oxygens (including phenoxy) is 1. The van der Waals surface area contributed by atoms with Gasteiger partial charge in [-0.05, 0) is 18.6 Å². The van der Waals surface area contributed by atoms with Gasteiger partial charge < -0.3 is 10.5 Å². The zero-order valence-electron chi connectivity index (χ0n) is 11.3. The Balaban J connectivity index is 2.00. The Morgan fingerprint density at radius 3 is 2.95 bits per heavy atom. The predicted molar refractivity (Wildman–Crippen MR) is 78.8 cm³/mol. The molecule has 3 rings (SSSR count). The molecule has 20 heavy (non-hydrogen) atoms. The fourth-order valence-corrected chi connectivity index (χ4v) is 2.75. The third-order valence-electron chi connectivity index (χ3n) is 3.11. The lowest BCUT2D eigenvalue weighted by atomic mass is 10.1. The normalized spacial score (nSPS) is 11.3. The van der Waals surface area contributed by atoms with E-state index in [9.17, 15) is 0 Å². The molecule has 0 fully saturated rings. The van der Waals surface area contributed by atoms with E-state index in [0.29, 0.717) is 13.0 Å². The summed E-state index contributed by atoms with van der Waals surface area (Å²) in [6, 6.07) is 5.96. The summed E-state index contributed by atoms with van der Waals surface area (Å²) in [5.41, 5.74) is 8.79. The molecule has 2 aromatic heterocycles. The maximum Gasteiger partial charge on any atom is 0.234 e. The van der Waals surface area contributed by atoms with Crippen LogP contribution in [0.25, 0.3) is 15.5 Å². The highest BCUT2D eigenvalue weighted by Crippen LogP contribution is 2.28. The van der Waals surface area contributed by atoms with Crippen LogP contribution >= 0.6 is 11.3 Å². The Labute approximate surface area is 120 Å². The van der Waals surface area contributed by atoms with Gasteiger partial charge in [0.15, 0.2) is 5.82 Å². The second-order valence-corrected chi connectivity index (χ2v) is 5.49. The number of nitrogens with two attached hydrogens (primary N) is 1. The van der Waals surface area contributed by atoms with Gasteiger partial charge in [-0.15, -0.1) is 10.2 Å². The molecule has 0 atom stereocenters. The standard InChI is InChI=1S/C13H15N5OS/c1-8-3-4-9(7-10(8)14)12-17-18-11(5-6-19-2)15-16-13(18)20-12/h3-4,7H,5-6,14H2,1-2H3. The first kappa shape index (κ1) is 13.0. The maximum atomic E-state index is 5.95. The highest BCUT2D eigenvalue weighted by atomic mass is 32.1. The van der Waals surface area contributed by atoms with Crippen molar-refractivity contribution in [1.82, 2.24) is 19.8 Å². The lowest BCUT2D eigenvalue weighted by Crippen LogP contribution is -2.01. The Kier molecular flexibility index (Phi) is 3.37. The van der Waals surface area contributed by atoms with Crippen molar-refractivity contribution in [3.05, 3.63) is 29.6 Å². The fraction of sp³-hybridized carbons (Fsp3) is 0.308. The van der Waals surface area contributed by atoms with E-state index in [4.69, 9.17) is 10.5 Å². The van der Waals surface area contributed by atoms with Crippen LogP contribution in [0.1, 0.15) is 11.4 Å². The lowest BCUT2D eigenvalue weighted by molar-refractivity contribution is 0.200. The van der Waals surface area contributed by atoms with Crippen molar-refractivity contribution in [2.75, 3.05) is 19.5 Å². The van der Waals surface area contributed by atoms with Gasteiger partial charge in [0.2, 0.25) is 4.96 Å². The van der Waals surface area contributed by atoms with Crippen molar-refractivity contribution >= 4 is 22.0 Å². The third kappa shape index (κ3) is 2.25. The van der Waals surface area contributed by atoms with E-state index in [2.05, 4.69) is 15.3 Å². The summed E-state index contributed by atoms with van der Waals surface area (Å²) in [4.78, 5) is 0.783. The highest BCUT2D eigenvalue weighted by molar-refractivity contribution is 7.19. The number of methoxy groups -OCH3 is 1. The second-order valence-electron chi connectivity index (χ2n) is 4.53. The first-order chi connectivity index (χ1) is 9.69. The molecular weight excluding hydrogens is 274 g/mol. The number of hydrogen-bond donors (Lipinski definition) is 1. The molecule has 0 saturated carbocycles. The number of aryl methyl sites for hydroxylation is 1. The number of benzene rings is 1. The number of hydrogen-bond acceptors (Lipinski definition) is 6. The SMILES string of the molecule is COCCc1nnc2sc(-c3ccc(C)c(N)c3)nn12. The zero-order valence-corrected chi connectivity index (χ0v) is 12.1. The van der Waals surface area contributed by atoms with E-state index in [1.807, 2.05) is 25.1 Å². The van der Waals surface area contributed by atoms with E-state index in [1.165, 1.54) is 11.3 Å². The van der Waals surface area contributed by atoms with E-state index in [0.717, 1.165) is 32.6 Å². The van der Waals surface area contributed by atoms with Crippen molar-refractivity contribution in [3.63, 3.8) is 0 Å². The van der Waals surface area contributed by atoms with Crippen LogP contribution in [0.4, 0.5) is 5.69 Å². The first-order valence-corrected chi connectivity index (χ1v) is 7.07. The van der Waals surface area contributed by atoms with Crippen molar-refractivity contribution in [1.29, 1.82) is 0 Å². The van der Waals surface area contributed by atoms with Crippen LogP contribution in [0.3, 0.4) is 0 Å². The molecule has 0 aliphatic rings. The molecule has 0 aliphatic heterocycles. The van der Waals surface area contributed by atoms with E-state index >= 15 is 0 Å². The van der Waals surface area contributed by atoms with Gasteiger partial charge in [0.1, 0.15) is 5.01 Å². The van der Waals surface area contributed by atoms with Crippen LogP contribution in [-0.2, 0) is 11.2 Å². The summed E-state index contributed by atoms with van der Waals surface area (Å²) in [6.07, 6.45) is 0.691. The highest BCUT2D eigenvalue weighted by Gasteiger charge is 2.13. The predicted octanol–water partition coefficient (Wildman–Crippen LogP) is 1.93. The molecule has 0 spiro atoms. The summed E-state index contributed by atoms with van der Waals surface area (Å²) in [7, 11) is 1.67. The Bertz CT molecular complexity index is 748. The molecule has 0 saturated heterocycles. The molecule has 2 N–H and O–H groups in total. The van der Waals surface area contributed by atoms with Gasteiger partial charge >= 0.3 is 0 Å². The number of nitrogens with zero attached hydrogens (tertiary/aromatic N) is 4. The van der Waals surface area contributed by atoms with Gasteiger partial charge in [-0.3, -0.25) is 0 Å². The molecule has 3 aromatic rings. The van der Waals surface area contributed by atoms with Gasteiger partial charge in [0.05, 0.1) is 6.61 Å². The monoisotopic (exact) mass is 289 g/mol. The molecule has 1 aromatic carbocycles. The second kappa shape index (κ2) is 5.18. The van der Waals surface area contributed by atoms with E-state index < -0.39 is 0 Å². The molecule has 0 radical (unpaired) electrons. The van der Waals surface area contributed by atoms with Crippen LogP contribution in [0.2, 0.25) is 0 Å². The molecule has 0 unspecified atom stereocenters. The quantitative estimate of drug-likeness (QED) is 0.742. The van der Waals surface area contributed by atoms with Crippen molar-refractivity contribution in [2.24, 2.45) is 0 Å². The number of anilines is 1. The molecule has 7 heteroatoms. The maximum absolute atomic E-state index is 5.95. The summed E-state index contributed by atoms with van der Waals surface area (Å²) >= 11 is 1.50. The van der Waals surface area contributed by atoms with Crippen molar-refractivity contribution < 1.29 is 4.74 Å². The Hall–Kier alpha value is -1.99. The Morgan fingerprint density at radius 2 is 2.20 bits per heavy atom.